The van der Waals surface area contributed by atoms with Gasteiger partial charge in [0.05, 0.1) is 0 Å². The molecule has 0 aliphatic heterocycles. The van der Waals surface area contributed by atoms with E-state index in [-0.39, 0.29) is 12.4 Å². The molecule has 0 heterocycles. The van der Waals surface area contributed by atoms with E-state index in [0.29, 0.717) is 0 Å². The van der Waals surface area contributed by atoms with Gasteiger partial charge in [0.25, 0.3) is 0 Å². The predicted octanol–water partition coefficient (Wildman–Crippen LogP) is 1.06. The van der Waals surface area contributed by atoms with Crippen molar-refractivity contribution in [1.29, 1.82) is 0 Å². The smallest absolute Gasteiger partial charge is 0.0121 e. The van der Waals surface area contributed by atoms with Crippen molar-refractivity contribution in [3.8, 4) is 0 Å². The van der Waals surface area contributed by atoms with Gasteiger partial charge in [0.2, 0.25) is 0 Å². The van der Waals surface area contributed by atoms with E-state index >= 15 is 0 Å². The zero-order valence-corrected chi connectivity index (χ0v) is 6.67. The molecule has 0 aromatic carbocycles. The van der Waals surface area contributed by atoms with Crippen LogP contribution >= 0.6 is 35.0 Å². The molecule has 0 spiro atoms. The quantitative estimate of drug-likeness (QED) is 0.543. The van der Waals surface area contributed by atoms with Crippen LogP contribution < -0.4 is 5.32 Å². The molecule has 0 aliphatic carbocycles. The molecule has 1 N–H and O–H groups in total. The maximum atomic E-state index is 3.01. The van der Waals surface area contributed by atoms with Crippen LogP contribution in [0.25, 0.3) is 0 Å². The number of halogens is 2. The molecule has 40 valence electrons. The Bertz CT molecular complexity index is 18.3. The molecular formula is C3H9ClIN. The van der Waals surface area contributed by atoms with Gasteiger partial charge in [-0.05, 0) is 7.05 Å². The van der Waals surface area contributed by atoms with Crippen LogP contribution in [0.15, 0.2) is 0 Å². The Hall–Kier alpha value is 0.980. The number of nitrogens with one attached hydrogen (secondary N) is 1. The molecule has 0 rings (SSSR count). The zero-order chi connectivity index (χ0) is 4.12. The van der Waals surface area contributed by atoms with E-state index in [1.165, 1.54) is 4.43 Å². The van der Waals surface area contributed by atoms with Crippen molar-refractivity contribution in [3.63, 3.8) is 0 Å². The third-order valence-corrected chi connectivity index (χ3v) is 0.884. The van der Waals surface area contributed by atoms with Gasteiger partial charge in [0.1, 0.15) is 0 Å². The van der Waals surface area contributed by atoms with Gasteiger partial charge in [0, 0.05) is 11.0 Å². The fraction of sp³-hybridized carbons (Fsp3) is 1.00. The molecule has 0 aromatic heterocycles. The topological polar surface area (TPSA) is 12.0 Å². The standard InChI is InChI=1S/C3H8IN.ClH/c1-5-3-2-4;/h5H,2-3H2,1H3;1H. The molecule has 0 unspecified atom stereocenters. The minimum absolute atomic E-state index is 0. The normalized spacial score (nSPS) is 7.00. The van der Waals surface area contributed by atoms with Gasteiger partial charge in [-0.15, -0.1) is 12.4 Å². The second-order valence-electron chi connectivity index (χ2n) is 0.793. The van der Waals surface area contributed by atoms with Crippen molar-refractivity contribution in [2.75, 3.05) is 18.0 Å². The third kappa shape index (κ3) is 8.88. The highest BCUT2D eigenvalue weighted by molar-refractivity contribution is 14.1. The van der Waals surface area contributed by atoms with Crippen LogP contribution in [0, 0.1) is 0 Å². The first-order chi connectivity index (χ1) is 2.41. The lowest BCUT2D eigenvalue weighted by atomic mass is 10.8. The van der Waals surface area contributed by atoms with Crippen molar-refractivity contribution >= 4 is 35.0 Å². The summed E-state index contributed by atoms with van der Waals surface area (Å²) in [4.78, 5) is 0. The first-order valence-electron chi connectivity index (χ1n) is 1.62. The van der Waals surface area contributed by atoms with Gasteiger partial charge in [-0.3, -0.25) is 0 Å². The summed E-state index contributed by atoms with van der Waals surface area (Å²) in [5.74, 6) is 0. The maximum Gasteiger partial charge on any atom is 0.0121 e. The molecule has 1 nitrogen and oxygen atoms in total. The highest BCUT2D eigenvalue weighted by Crippen LogP contribution is 1.72. The molecule has 0 aliphatic rings. The maximum absolute atomic E-state index is 3.01. The fourth-order valence-electron chi connectivity index (χ4n) is 0.0945. The summed E-state index contributed by atoms with van der Waals surface area (Å²) < 4.78 is 1.20. The number of alkyl halides is 1. The van der Waals surface area contributed by atoms with Crippen molar-refractivity contribution in [2.24, 2.45) is 0 Å². The molecule has 0 atom stereocenters. The third-order valence-electron chi connectivity index (χ3n) is 0.344. The second-order valence-corrected chi connectivity index (χ2v) is 1.87. The second kappa shape index (κ2) is 9.36. The SMILES string of the molecule is CNCCI.Cl. The minimum atomic E-state index is 0. The first-order valence-corrected chi connectivity index (χ1v) is 3.15. The molecule has 0 aromatic rings. The first kappa shape index (κ1) is 10.1. The van der Waals surface area contributed by atoms with E-state index in [4.69, 9.17) is 0 Å². The molecule has 0 radical (unpaired) electrons. The van der Waals surface area contributed by atoms with Gasteiger partial charge in [0.15, 0.2) is 0 Å². The lowest BCUT2D eigenvalue weighted by Gasteiger charge is -1.83. The minimum Gasteiger partial charge on any atom is -0.319 e. The van der Waals surface area contributed by atoms with Gasteiger partial charge in [-0.2, -0.15) is 0 Å². The average molecular weight is 221 g/mol. The Labute approximate surface area is 58.4 Å². The lowest BCUT2D eigenvalue weighted by Crippen LogP contribution is -2.07. The Balaban J connectivity index is 0. The van der Waals surface area contributed by atoms with Crippen LogP contribution in [0.5, 0.6) is 0 Å². The molecule has 0 bridgehead atoms. The summed E-state index contributed by atoms with van der Waals surface area (Å²) in [6.07, 6.45) is 0. The lowest BCUT2D eigenvalue weighted by molar-refractivity contribution is 0.880. The van der Waals surface area contributed by atoms with E-state index in [1.807, 2.05) is 7.05 Å². The van der Waals surface area contributed by atoms with E-state index in [1.54, 1.807) is 0 Å². The average Bonchev–Trinajstić information content (AvgIpc) is 1.41. The number of rotatable bonds is 2. The summed E-state index contributed by atoms with van der Waals surface area (Å²) >= 11 is 2.32. The van der Waals surface area contributed by atoms with E-state index < -0.39 is 0 Å². The number of hydrogen-bond donors (Lipinski definition) is 1. The van der Waals surface area contributed by atoms with Gasteiger partial charge >= 0.3 is 0 Å². The summed E-state index contributed by atoms with van der Waals surface area (Å²) in [7, 11) is 1.96. The van der Waals surface area contributed by atoms with Crippen LogP contribution in [0.1, 0.15) is 0 Å². The fourth-order valence-corrected chi connectivity index (χ4v) is 0.634. The van der Waals surface area contributed by atoms with Crippen molar-refractivity contribution < 1.29 is 0 Å². The molecule has 0 fully saturated rings. The number of hydrogen-bond acceptors (Lipinski definition) is 1. The van der Waals surface area contributed by atoms with Gasteiger partial charge < -0.3 is 5.32 Å². The summed E-state index contributed by atoms with van der Waals surface area (Å²) in [5, 5.41) is 3.01. The van der Waals surface area contributed by atoms with E-state index in [0.717, 1.165) is 6.54 Å². The summed E-state index contributed by atoms with van der Waals surface area (Å²) in [6.45, 7) is 1.13. The van der Waals surface area contributed by atoms with Crippen LogP contribution in [0.2, 0.25) is 0 Å². The predicted molar refractivity (Wildman–Crippen MR) is 40.1 cm³/mol. The van der Waals surface area contributed by atoms with Crippen molar-refractivity contribution in [3.05, 3.63) is 0 Å². The Morgan fingerprint density at radius 3 is 2.17 bits per heavy atom. The zero-order valence-electron chi connectivity index (χ0n) is 3.70. The van der Waals surface area contributed by atoms with Crippen molar-refractivity contribution in [1.82, 2.24) is 5.32 Å². The van der Waals surface area contributed by atoms with Gasteiger partial charge in [-0.1, -0.05) is 22.6 Å². The Morgan fingerprint density at radius 2 is 2.17 bits per heavy atom. The summed E-state index contributed by atoms with van der Waals surface area (Å²) in [6, 6.07) is 0. The van der Waals surface area contributed by atoms with E-state index in [9.17, 15) is 0 Å². The molecular weight excluding hydrogens is 212 g/mol. The molecule has 0 saturated heterocycles. The van der Waals surface area contributed by atoms with Crippen LogP contribution in [0.4, 0.5) is 0 Å². The molecule has 3 heteroatoms. The van der Waals surface area contributed by atoms with Crippen molar-refractivity contribution in [2.45, 2.75) is 0 Å². The van der Waals surface area contributed by atoms with Gasteiger partial charge in [-0.25, -0.2) is 0 Å². The Kier molecular flexibility index (Phi) is 15.7. The molecule has 6 heavy (non-hydrogen) atoms. The molecule has 0 saturated carbocycles. The molecule has 0 amide bonds. The Morgan fingerprint density at radius 1 is 1.67 bits per heavy atom. The van der Waals surface area contributed by atoms with E-state index in [2.05, 4.69) is 27.9 Å². The van der Waals surface area contributed by atoms with Crippen LogP contribution in [-0.4, -0.2) is 18.0 Å². The summed E-state index contributed by atoms with van der Waals surface area (Å²) in [5.41, 5.74) is 0. The largest absolute Gasteiger partial charge is 0.319 e. The van der Waals surface area contributed by atoms with Crippen LogP contribution in [-0.2, 0) is 0 Å². The monoisotopic (exact) mass is 221 g/mol. The van der Waals surface area contributed by atoms with Crippen LogP contribution in [0.3, 0.4) is 0 Å². The highest BCUT2D eigenvalue weighted by atomic mass is 127. The highest BCUT2D eigenvalue weighted by Gasteiger charge is 1.66.